The third kappa shape index (κ3) is 5.52. The normalized spacial score (nSPS) is 15.1. The summed E-state index contributed by atoms with van der Waals surface area (Å²) in [5.41, 5.74) is 2.65. The number of benzene rings is 2. The standard InChI is InChI=1S/C27H22ClN5O3S/c1-16-14-30-27(37-16)32-24(34)18-7-5-17(6-8-18)15-33-23(13-20-4-2-3-11-29-20)25(35)31-22-12-19(28)9-10-21(22)26(33)36/h2-12,14,23H,13,15H2,1H3,(H,31,35)(H,30,32,34)/t23-/m1/s1. The highest BCUT2D eigenvalue weighted by molar-refractivity contribution is 7.15. The van der Waals surface area contributed by atoms with Gasteiger partial charge >= 0.3 is 0 Å². The summed E-state index contributed by atoms with van der Waals surface area (Å²) >= 11 is 7.53. The first-order chi connectivity index (χ1) is 17.9. The van der Waals surface area contributed by atoms with Gasteiger partial charge < -0.3 is 10.2 Å². The Hall–Kier alpha value is -4.08. The summed E-state index contributed by atoms with van der Waals surface area (Å²) in [4.78, 5) is 50.7. The van der Waals surface area contributed by atoms with Gasteiger partial charge in [0.05, 0.1) is 11.3 Å². The van der Waals surface area contributed by atoms with Crippen LogP contribution in [0.2, 0.25) is 5.02 Å². The van der Waals surface area contributed by atoms with E-state index in [1.54, 1.807) is 60.9 Å². The second-order valence-electron chi connectivity index (χ2n) is 8.58. The van der Waals surface area contributed by atoms with Crippen molar-refractivity contribution in [2.45, 2.75) is 25.9 Å². The first-order valence-electron chi connectivity index (χ1n) is 11.5. The minimum Gasteiger partial charge on any atom is -0.323 e. The molecule has 3 amide bonds. The number of carbonyl (C=O) groups is 3. The van der Waals surface area contributed by atoms with E-state index in [0.717, 1.165) is 10.4 Å². The lowest BCUT2D eigenvalue weighted by molar-refractivity contribution is -0.120. The molecule has 0 unspecified atom stereocenters. The minimum absolute atomic E-state index is 0.166. The summed E-state index contributed by atoms with van der Waals surface area (Å²) in [6.07, 6.45) is 3.60. The van der Waals surface area contributed by atoms with Crippen molar-refractivity contribution in [3.63, 3.8) is 0 Å². The van der Waals surface area contributed by atoms with E-state index in [2.05, 4.69) is 20.6 Å². The number of amides is 3. The summed E-state index contributed by atoms with van der Waals surface area (Å²) in [5, 5.41) is 6.59. The van der Waals surface area contributed by atoms with Gasteiger partial charge in [0.2, 0.25) is 5.91 Å². The van der Waals surface area contributed by atoms with Crippen LogP contribution in [0.1, 0.15) is 36.9 Å². The van der Waals surface area contributed by atoms with Crippen molar-refractivity contribution in [1.82, 2.24) is 14.9 Å². The number of anilines is 2. The number of aromatic nitrogens is 2. The molecule has 2 N–H and O–H groups in total. The fourth-order valence-electron chi connectivity index (χ4n) is 4.10. The van der Waals surface area contributed by atoms with Crippen molar-refractivity contribution >= 4 is 51.5 Å². The fourth-order valence-corrected chi connectivity index (χ4v) is 4.93. The Morgan fingerprint density at radius 1 is 1.11 bits per heavy atom. The Labute approximate surface area is 222 Å². The number of rotatable bonds is 6. The van der Waals surface area contributed by atoms with Gasteiger partial charge in [0, 0.05) is 46.5 Å². The molecule has 2 aromatic carbocycles. The Kier molecular flexibility index (Phi) is 6.98. The summed E-state index contributed by atoms with van der Waals surface area (Å²) in [6, 6.07) is 16.4. The Morgan fingerprint density at radius 3 is 2.62 bits per heavy atom. The second-order valence-corrected chi connectivity index (χ2v) is 10.3. The maximum Gasteiger partial charge on any atom is 0.257 e. The number of hydrogen-bond donors (Lipinski definition) is 2. The number of nitrogens with zero attached hydrogens (tertiary/aromatic N) is 3. The molecule has 5 rings (SSSR count). The van der Waals surface area contributed by atoms with Crippen LogP contribution in [0.25, 0.3) is 0 Å². The lowest BCUT2D eigenvalue weighted by Crippen LogP contribution is -2.46. The predicted molar refractivity (Wildman–Crippen MR) is 143 cm³/mol. The molecule has 37 heavy (non-hydrogen) atoms. The van der Waals surface area contributed by atoms with Crippen LogP contribution in [0.3, 0.4) is 0 Å². The molecule has 0 radical (unpaired) electrons. The highest BCUT2D eigenvalue weighted by Crippen LogP contribution is 2.29. The highest BCUT2D eigenvalue weighted by Gasteiger charge is 2.36. The van der Waals surface area contributed by atoms with Crippen molar-refractivity contribution in [3.8, 4) is 0 Å². The quantitative estimate of drug-likeness (QED) is 0.366. The number of carbonyl (C=O) groups excluding carboxylic acids is 3. The predicted octanol–water partition coefficient (Wildman–Crippen LogP) is 4.96. The van der Waals surface area contributed by atoms with Crippen LogP contribution in [0.15, 0.2) is 73.1 Å². The van der Waals surface area contributed by atoms with Crippen LogP contribution in [0.4, 0.5) is 10.8 Å². The molecular formula is C27H22ClN5O3S. The topological polar surface area (TPSA) is 104 Å². The number of hydrogen-bond acceptors (Lipinski definition) is 6. The van der Waals surface area contributed by atoms with E-state index >= 15 is 0 Å². The van der Waals surface area contributed by atoms with E-state index in [9.17, 15) is 14.4 Å². The van der Waals surface area contributed by atoms with Crippen LogP contribution in [-0.2, 0) is 17.8 Å². The molecular weight excluding hydrogens is 510 g/mol. The molecule has 2 aromatic heterocycles. The highest BCUT2D eigenvalue weighted by atomic mass is 35.5. The van der Waals surface area contributed by atoms with E-state index in [1.165, 1.54) is 16.2 Å². The molecule has 0 saturated carbocycles. The van der Waals surface area contributed by atoms with Gasteiger partial charge in [0.1, 0.15) is 6.04 Å². The van der Waals surface area contributed by atoms with Gasteiger partial charge in [0.15, 0.2) is 5.13 Å². The molecule has 0 fully saturated rings. The number of halogens is 1. The van der Waals surface area contributed by atoms with E-state index in [0.29, 0.717) is 32.7 Å². The van der Waals surface area contributed by atoms with Crippen molar-refractivity contribution in [1.29, 1.82) is 0 Å². The molecule has 0 aliphatic carbocycles. The number of pyridine rings is 1. The Balaban J connectivity index is 1.42. The monoisotopic (exact) mass is 531 g/mol. The SMILES string of the molecule is Cc1cnc(NC(=O)c2ccc(CN3C(=O)c4ccc(Cl)cc4NC(=O)[C@H]3Cc3ccccn3)cc2)s1. The average Bonchev–Trinajstić information content (AvgIpc) is 3.27. The lowest BCUT2D eigenvalue weighted by atomic mass is 10.0. The van der Waals surface area contributed by atoms with Gasteiger partial charge in [0.25, 0.3) is 11.8 Å². The van der Waals surface area contributed by atoms with Gasteiger partial charge in [-0.2, -0.15) is 0 Å². The summed E-state index contributed by atoms with van der Waals surface area (Å²) in [5.74, 6) is -0.897. The number of aryl methyl sites for hydroxylation is 1. The zero-order valence-corrected chi connectivity index (χ0v) is 21.3. The van der Waals surface area contributed by atoms with Gasteiger partial charge in [-0.1, -0.05) is 29.8 Å². The average molecular weight is 532 g/mol. The number of fused-ring (bicyclic) bond motifs is 1. The summed E-state index contributed by atoms with van der Waals surface area (Å²) < 4.78 is 0. The molecule has 1 aliphatic rings. The van der Waals surface area contributed by atoms with Crippen LogP contribution >= 0.6 is 22.9 Å². The van der Waals surface area contributed by atoms with Gasteiger partial charge in [-0.3, -0.25) is 24.7 Å². The molecule has 3 heterocycles. The maximum absolute atomic E-state index is 13.7. The first kappa shape index (κ1) is 24.6. The molecule has 0 saturated heterocycles. The van der Waals surface area contributed by atoms with Crippen LogP contribution in [0, 0.1) is 6.92 Å². The zero-order valence-electron chi connectivity index (χ0n) is 19.8. The van der Waals surface area contributed by atoms with Gasteiger partial charge in [-0.05, 0) is 55.0 Å². The molecule has 10 heteroatoms. The first-order valence-corrected chi connectivity index (χ1v) is 12.7. The van der Waals surface area contributed by atoms with Gasteiger partial charge in [-0.25, -0.2) is 4.98 Å². The van der Waals surface area contributed by atoms with Crippen LogP contribution in [-0.4, -0.2) is 38.6 Å². The van der Waals surface area contributed by atoms with Crippen molar-refractivity contribution < 1.29 is 14.4 Å². The molecule has 0 bridgehead atoms. The van der Waals surface area contributed by atoms with E-state index in [4.69, 9.17) is 11.6 Å². The Bertz CT molecular complexity index is 1470. The number of nitrogens with one attached hydrogen (secondary N) is 2. The third-order valence-electron chi connectivity index (χ3n) is 5.95. The molecule has 0 spiro atoms. The zero-order chi connectivity index (χ0) is 25.9. The maximum atomic E-state index is 13.7. The molecule has 8 nitrogen and oxygen atoms in total. The summed E-state index contributed by atoms with van der Waals surface area (Å²) in [6.45, 7) is 2.08. The summed E-state index contributed by atoms with van der Waals surface area (Å²) in [7, 11) is 0. The van der Waals surface area contributed by atoms with Crippen molar-refractivity contribution in [3.05, 3.63) is 105 Å². The molecule has 186 valence electrons. The van der Waals surface area contributed by atoms with Crippen LogP contribution in [0.5, 0.6) is 0 Å². The molecule has 4 aromatic rings. The van der Waals surface area contributed by atoms with E-state index < -0.39 is 6.04 Å². The van der Waals surface area contributed by atoms with Crippen LogP contribution < -0.4 is 10.6 Å². The number of thiazole rings is 1. The van der Waals surface area contributed by atoms with E-state index in [-0.39, 0.29) is 30.7 Å². The smallest absolute Gasteiger partial charge is 0.257 e. The Morgan fingerprint density at radius 2 is 1.92 bits per heavy atom. The molecule has 1 atom stereocenters. The van der Waals surface area contributed by atoms with Crippen molar-refractivity contribution in [2.24, 2.45) is 0 Å². The van der Waals surface area contributed by atoms with E-state index in [1.807, 2.05) is 19.1 Å². The second kappa shape index (κ2) is 10.5. The lowest BCUT2D eigenvalue weighted by Gasteiger charge is -2.28. The minimum atomic E-state index is -0.801. The largest absolute Gasteiger partial charge is 0.323 e. The van der Waals surface area contributed by atoms with Crippen molar-refractivity contribution in [2.75, 3.05) is 10.6 Å². The third-order valence-corrected chi connectivity index (χ3v) is 7.01. The fraction of sp³-hybridized carbons (Fsp3) is 0.148. The van der Waals surface area contributed by atoms with Gasteiger partial charge in [-0.15, -0.1) is 11.3 Å². The molecule has 1 aliphatic heterocycles.